The van der Waals surface area contributed by atoms with Gasteiger partial charge in [-0.05, 0) is 30.9 Å². The minimum atomic E-state index is -2.95. The van der Waals surface area contributed by atoms with Crippen LogP contribution in [-0.2, 0) is 16.6 Å². The number of imidazole rings is 1. The molecule has 4 rings (SSSR count). The summed E-state index contributed by atoms with van der Waals surface area (Å²) in [5.74, 6) is -4.37. The number of carbonyl (C=O) groups is 2. The lowest BCUT2D eigenvalue weighted by Crippen LogP contribution is -2.49. The van der Waals surface area contributed by atoms with Crippen molar-refractivity contribution < 1.29 is 18.4 Å². The van der Waals surface area contributed by atoms with E-state index in [2.05, 4.69) is 25.7 Å². The first-order chi connectivity index (χ1) is 17.3. The van der Waals surface area contributed by atoms with Gasteiger partial charge in [-0.3, -0.25) is 14.3 Å². The molecular formula is C26H32F2N6O2. The van der Waals surface area contributed by atoms with E-state index < -0.39 is 23.8 Å². The molecule has 2 atom stereocenters. The van der Waals surface area contributed by atoms with Crippen LogP contribution in [0.1, 0.15) is 56.8 Å². The van der Waals surface area contributed by atoms with Gasteiger partial charge in [0.25, 0.3) is 5.92 Å². The highest BCUT2D eigenvalue weighted by Crippen LogP contribution is 2.43. The van der Waals surface area contributed by atoms with Crippen LogP contribution >= 0.6 is 0 Å². The van der Waals surface area contributed by atoms with Crippen LogP contribution in [0.15, 0.2) is 42.7 Å². The predicted molar refractivity (Wildman–Crippen MR) is 132 cm³/mol. The Bertz CT molecular complexity index is 1190. The van der Waals surface area contributed by atoms with Crippen molar-refractivity contribution in [2.45, 2.75) is 56.9 Å². The fourth-order valence-electron chi connectivity index (χ4n) is 4.37. The van der Waals surface area contributed by atoms with Crippen molar-refractivity contribution in [2.75, 3.05) is 7.05 Å². The van der Waals surface area contributed by atoms with Gasteiger partial charge < -0.3 is 15.6 Å². The summed E-state index contributed by atoms with van der Waals surface area (Å²) in [5.41, 5.74) is 3.55. The van der Waals surface area contributed by atoms with Gasteiger partial charge in [-0.2, -0.15) is 5.10 Å². The molecule has 192 valence electrons. The lowest BCUT2D eigenvalue weighted by molar-refractivity contribution is -0.163. The Morgan fingerprint density at radius 1 is 1.17 bits per heavy atom. The number of rotatable bonds is 11. The van der Waals surface area contributed by atoms with Crippen molar-refractivity contribution in [1.82, 2.24) is 30.4 Å². The van der Waals surface area contributed by atoms with E-state index in [9.17, 15) is 18.4 Å². The maximum Gasteiger partial charge on any atom is 0.259 e. The first-order valence-electron chi connectivity index (χ1n) is 12.3. The number of carbonyl (C=O) groups excluding carboxylic acids is 2. The molecule has 3 N–H and O–H groups in total. The molecule has 1 aliphatic carbocycles. The van der Waals surface area contributed by atoms with Gasteiger partial charge in [0.2, 0.25) is 11.8 Å². The van der Waals surface area contributed by atoms with Gasteiger partial charge in [-0.25, -0.2) is 13.8 Å². The Morgan fingerprint density at radius 2 is 1.92 bits per heavy atom. The first-order valence-corrected chi connectivity index (χ1v) is 12.3. The molecule has 1 fully saturated rings. The van der Waals surface area contributed by atoms with E-state index in [0.717, 1.165) is 35.4 Å². The van der Waals surface area contributed by atoms with E-state index in [0.29, 0.717) is 25.1 Å². The number of aromatic amines is 1. The van der Waals surface area contributed by atoms with Crippen molar-refractivity contribution in [1.29, 1.82) is 0 Å². The second-order valence-electron chi connectivity index (χ2n) is 9.32. The van der Waals surface area contributed by atoms with E-state index in [-0.39, 0.29) is 18.7 Å². The molecule has 10 heteroatoms. The second-order valence-corrected chi connectivity index (χ2v) is 9.32. The van der Waals surface area contributed by atoms with E-state index >= 15 is 0 Å². The fraction of sp³-hybridized carbons (Fsp3) is 0.462. The molecule has 0 aliphatic heterocycles. The quantitative estimate of drug-likeness (QED) is 0.341. The van der Waals surface area contributed by atoms with E-state index in [1.54, 1.807) is 17.9 Å². The Morgan fingerprint density at radius 3 is 2.53 bits per heavy atom. The largest absolute Gasteiger partial charge is 0.359 e. The summed E-state index contributed by atoms with van der Waals surface area (Å²) < 4.78 is 29.4. The minimum absolute atomic E-state index is 0.0168. The van der Waals surface area contributed by atoms with Gasteiger partial charge in [-0.15, -0.1) is 0 Å². The molecule has 3 aromatic rings. The number of nitrogens with zero attached hydrogens (tertiary/aromatic N) is 3. The smallest absolute Gasteiger partial charge is 0.259 e. The van der Waals surface area contributed by atoms with Gasteiger partial charge >= 0.3 is 0 Å². The van der Waals surface area contributed by atoms with E-state index in [1.165, 1.54) is 0 Å². The van der Waals surface area contributed by atoms with Crippen LogP contribution in [0.25, 0.3) is 22.5 Å². The van der Waals surface area contributed by atoms with E-state index in [1.807, 2.05) is 43.6 Å². The van der Waals surface area contributed by atoms with Crippen molar-refractivity contribution in [2.24, 2.45) is 13.0 Å². The number of nitrogens with one attached hydrogen (secondary N) is 3. The molecule has 2 amide bonds. The summed E-state index contributed by atoms with van der Waals surface area (Å²) >= 11 is 0. The summed E-state index contributed by atoms with van der Waals surface area (Å²) in [4.78, 5) is 31.8. The number of amides is 2. The Labute approximate surface area is 208 Å². The standard InChI is InChI=1S/C26H32F2N6O2/c1-29-23(35)7-5-3-4-6-21(32-25(36)19-12-14-26(19,27)28)24-30-16-22(31-24)18-10-8-17(9-11-18)20-13-15-34(2)33-20/h8-11,13,15-16,19,21H,3-7,12,14H2,1-2H3,(H,29,35)(H,30,31)(H,32,36)/t19?,21-/m0/s1. The first kappa shape index (κ1) is 25.5. The highest BCUT2D eigenvalue weighted by Gasteiger charge is 2.52. The molecule has 0 spiro atoms. The van der Waals surface area contributed by atoms with Crippen molar-refractivity contribution in [3.05, 3.63) is 48.5 Å². The van der Waals surface area contributed by atoms with Gasteiger partial charge in [0.15, 0.2) is 0 Å². The molecule has 0 saturated heterocycles. The molecule has 2 heterocycles. The normalized spacial score (nSPS) is 17.3. The molecule has 1 saturated carbocycles. The average molecular weight is 499 g/mol. The second kappa shape index (κ2) is 11.0. The molecule has 36 heavy (non-hydrogen) atoms. The lowest BCUT2D eigenvalue weighted by Gasteiger charge is -2.35. The van der Waals surface area contributed by atoms with Crippen LogP contribution in [0.5, 0.6) is 0 Å². The minimum Gasteiger partial charge on any atom is -0.359 e. The van der Waals surface area contributed by atoms with Gasteiger partial charge in [0, 0.05) is 38.7 Å². The van der Waals surface area contributed by atoms with Crippen molar-refractivity contribution in [3.63, 3.8) is 0 Å². The number of unbranched alkanes of at least 4 members (excludes halogenated alkanes) is 2. The van der Waals surface area contributed by atoms with Crippen LogP contribution in [0.2, 0.25) is 0 Å². The SMILES string of the molecule is CNC(=O)CCCCC[C@H](NC(=O)C1CCC1(F)F)c1ncc(-c2ccc(-c3ccn(C)n3)cc2)[nH]1. The lowest BCUT2D eigenvalue weighted by atomic mass is 9.80. The zero-order chi connectivity index (χ0) is 25.7. The van der Waals surface area contributed by atoms with Crippen LogP contribution in [0.4, 0.5) is 8.78 Å². The summed E-state index contributed by atoms with van der Waals surface area (Å²) in [5, 5.41) is 9.80. The maximum atomic E-state index is 13.8. The number of alkyl halides is 2. The summed E-state index contributed by atoms with van der Waals surface area (Å²) in [6.45, 7) is 0. The third kappa shape index (κ3) is 5.98. The molecule has 0 radical (unpaired) electrons. The molecule has 0 bridgehead atoms. The zero-order valence-electron chi connectivity index (χ0n) is 20.6. The molecule has 8 nitrogen and oxygen atoms in total. The van der Waals surface area contributed by atoms with Crippen LogP contribution < -0.4 is 10.6 Å². The fourth-order valence-corrected chi connectivity index (χ4v) is 4.37. The van der Waals surface area contributed by atoms with Crippen LogP contribution in [-0.4, -0.2) is 44.5 Å². The third-order valence-electron chi connectivity index (χ3n) is 6.72. The Hall–Kier alpha value is -3.56. The third-order valence-corrected chi connectivity index (χ3v) is 6.72. The summed E-state index contributed by atoms with van der Waals surface area (Å²) in [6.07, 6.45) is 6.68. The van der Waals surface area contributed by atoms with Crippen molar-refractivity contribution >= 4 is 11.8 Å². The maximum absolute atomic E-state index is 13.8. The van der Waals surface area contributed by atoms with Crippen molar-refractivity contribution in [3.8, 4) is 22.5 Å². The van der Waals surface area contributed by atoms with Gasteiger partial charge in [0.05, 0.1) is 23.6 Å². The number of halogens is 2. The zero-order valence-corrected chi connectivity index (χ0v) is 20.6. The van der Waals surface area contributed by atoms with Crippen LogP contribution in [0, 0.1) is 5.92 Å². The average Bonchev–Trinajstić information content (AvgIpc) is 3.52. The van der Waals surface area contributed by atoms with Gasteiger partial charge in [-0.1, -0.05) is 37.1 Å². The molecule has 1 aliphatic rings. The molecular weight excluding hydrogens is 466 g/mol. The summed E-state index contributed by atoms with van der Waals surface area (Å²) in [7, 11) is 3.47. The number of aryl methyl sites for hydroxylation is 1. The summed E-state index contributed by atoms with van der Waals surface area (Å²) in [6, 6.07) is 9.29. The van der Waals surface area contributed by atoms with Crippen LogP contribution in [0.3, 0.4) is 0 Å². The Kier molecular flexibility index (Phi) is 7.81. The monoisotopic (exact) mass is 498 g/mol. The number of hydrogen-bond donors (Lipinski definition) is 3. The number of benzene rings is 1. The number of hydrogen-bond acceptors (Lipinski definition) is 4. The number of H-pyrrole nitrogens is 1. The highest BCUT2D eigenvalue weighted by molar-refractivity contribution is 5.81. The van der Waals surface area contributed by atoms with E-state index in [4.69, 9.17) is 0 Å². The Balaban J connectivity index is 1.44. The molecule has 1 aromatic carbocycles. The molecule has 1 unspecified atom stereocenters. The highest BCUT2D eigenvalue weighted by atomic mass is 19.3. The topological polar surface area (TPSA) is 105 Å². The predicted octanol–water partition coefficient (Wildman–Crippen LogP) is 4.38. The molecule has 2 aromatic heterocycles. The number of aromatic nitrogens is 4. The van der Waals surface area contributed by atoms with Gasteiger partial charge in [0.1, 0.15) is 11.7 Å².